The Balaban J connectivity index is 2.03. The van der Waals surface area contributed by atoms with Crippen molar-refractivity contribution in [3.63, 3.8) is 0 Å². The van der Waals surface area contributed by atoms with Crippen LogP contribution in [-0.2, 0) is 4.79 Å². The van der Waals surface area contributed by atoms with Gasteiger partial charge in [-0.25, -0.2) is 4.79 Å². The number of hydrogen-bond donors (Lipinski definition) is 1. The molecule has 0 bridgehead atoms. The Morgan fingerprint density at radius 2 is 2.12 bits per heavy atom. The molecule has 4 nitrogen and oxygen atoms in total. The third kappa shape index (κ3) is 3.17. The summed E-state index contributed by atoms with van der Waals surface area (Å²) in [5, 5.41) is 9.25. The van der Waals surface area contributed by atoms with Gasteiger partial charge in [0, 0.05) is 11.1 Å². The number of benzene rings is 1. The van der Waals surface area contributed by atoms with E-state index < -0.39 is 23.8 Å². The van der Waals surface area contributed by atoms with Gasteiger partial charge in [-0.2, -0.15) is 13.2 Å². The molecule has 0 radical (unpaired) electrons. The molecule has 0 aromatic heterocycles. The van der Waals surface area contributed by atoms with Gasteiger partial charge >= 0.3 is 12.1 Å². The second-order valence-electron chi connectivity index (χ2n) is 5.93. The van der Waals surface area contributed by atoms with Gasteiger partial charge in [-0.1, -0.05) is 11.6 Å². The summed E-state index contributed by atoms with van der Waals surface area (Å²) < 4.78 is 50.0. The van der Waals surface area contributed by atoms with Crippen LogP contribution >= 0.6 is 11.6 Å². The van der Waals surface area contributed by atoms with Crippen molar-refractivity contribution in [1.29, 1.82) is 0 Å². The summed E-state index contributed by atoms with van der Waals surface area (Å²) in [4.78, 5) is 11.1. The summed E-state index contributed by atoms with van der Waals surface area (Å²) in [7, 11) is 0. The van der Waals surface area contributed by atoms with Crippen LogP contribution in [0.2, 0.25) is 5.02 Å². The van der Waals surface area contributed by atoms with Crippen LogP contribution in [0, 0.1) is 12.8 Å². The van der Waals surface area contributed by atoms with Crippen LogP contribution < -0.4 is 9.47 Å². The highest BCUT2D eigenvalue weighted by atomic mass is 35.5. The fourth-order valence-electron chi connectivity index (χ4n) is 2.53. The topological polar surface area (TPSA) is 55.8 Å². The van der Waals surface area contributed by atoms with E-state index in [-0.39, 0.29) is 22.1 Å². The highest BCUT2D eigenvalue weighted by Crippen LogP contribution is 2.45. The molecule has 1 aromatic carbocycles. The highest BCUT2D eigenvalue weighted by Gasteiger charge is 2.49. The summed E-state index contributed by atoms with van der Waals surface area (Å²) in [6, 6.07) is 1.36. The van der Waals surface area contributed by atoms with Crippen LogP contribution in [0.3, 0.4) is 0 Å². The molecule has 130 valence electrons. The zero-order valence-corrected chi connectivity index (χ0v) is 13.4. The van der Waals surface area contributed by atoms with Crippen LogP contribution in [0.5, 0.6) is 11.5 Å². The predicted molar refractivity (Wildman–Crippen MR) is 80.5 cm³/mol. The number of carboxylic acid groups (broad SMARTS) is 1. The molecule has 0 saturated heterocycles. The van der Waals surface area contributed by atoms with Crippen LogP contribution in [0.4, 0.5) is 13.2 Å². The summed E-state index contributed by atoms with van der Waals surface area (Å²) in [6.45, 7) is 1.98. The first-order valence-corrected chi connectivity index (χ1v) is 7.70. The van der Waals surface area contributed by atoms with Crippen LogP contribution in [-0.4, -0.2) is 30.0 Å². The van der Waals surface area contributed by atoms with Gasteiger partial charge in [0.2, 0.25) is 6.10 Å². The molecule has 24 heavy (non-hydrogen) atoms. The second kappa shape index (κ2) is 5.88. The second-order valence-corrected chi connectivity index (χ2v) is 6.34. The van der Waals surface area contributed by atoms with E-state index in [2.05, 4.69) is 0 Å². The van der Waals surface area contributed by atoms with Gasteiger partial charge in [-0.05, 0) is 37.8 Å². The molecule has 1 fully saturated rings. The first-order chi connectivity index (χ1) is 11.2. The monoisotopic (exact) mass is 362 g/mol. The summed E-state index contributed by atoms with van der Waals surface area (Å²) >= 11 is 6.14. The van der Waals surface area contributed by atoms with Gasteiger partial charge < -0.3 is 14.6 Å². The van der Waals surface area contributed by atoms with E-state index in [0.29, 0.717) is 18.1 Å². The van der Waals surface area contributed by atoms with E-state index in [1.165, 1.54) is 6.07 Å². The Morgan fingerprint density at radius 1 is 1.46 bits per heavy atom. The molecule has 1 aromatic rings. The summed E-state index contributed by atoms with van der Waals surface area (Å²) in [5.74, 6) is -1.03. The molecule has 2 aliphatic rings. The highest BCUT2D eigenvalue weighted by molar-refractivity contribution is 6.32. The number of alkyl halides is 3. The van der Waals surface area contributed by atoms with Crippen molar-refractivity contribution in [2.75, 3.05) is 6.61 Å². The zero-order valence-electron chi connectivity index (χ0n) is 12.6. The van der Waals surface area contributed by atoms with Crippen LogP contribution in [0.1, 0.15) is 24.0 Å². The molecule has 3 rings (SSSR count). The van der Waals surface area contributed by atoms with E-state index >= 15 is 0 Å². The maximum atomic E-state index is 13.1. The Morgan fingerprint density at radius 3 is 2.67 bits per heavy atom. The van der Waals surface area contributed by atoms with Gasteiger partial charge in [0.15, 0.2) is 0 Å². The molecule has 0 spiro atoms. The third-order valence-corrected chi connectivity index (χ3v) is 4.26. The minimum Gasteiger partial charge on any atom is -0.491 e. The Bertz CT molecular complexity index is 723. The number of halogens is 4. The number of fused-ring (bicyclic) bond motifs is 1. The first kappa shape index (κ1) is 17.0. The minimum absolute atomic E-state index is 0.0579. The van der Waals surface area contributed by atoms with Crippen molar-refractivity contribution in [3.05, 3.63) is 27.8 Å². The average molecular weight is 363 g/mol. The molecule has 1 heterocycles. The summed E-state index contributed by atoms with van der Waals surface area (Å²) in [5.41, 5.74) is -0.362. The lowest BCUT2D eigenvalue weighted by molar-refractivity contribution is -0.187. The van der Waals surface area contributed by atoms with Crippen LogP contribution in [0.15, 0.2) is 11.6 Å². The van der Waals surface area contributed by atoms with Crippen molar-refractivity contribution in [1.82, 2.24) is 0 Å². The minimum atomic E-state index is -4.84. The molecule has 1 N–H and O–H groups in total. The van der Waals surface area contributed by atoms with E-state index in [9.17, 15) is 18.0 Å². The lowest BCUT2D eigenvalue weighted by atomic mass is 9.98. The molecule has 1 aliphatic carbocycles. The largest absolute Gasteiger partial charge is 0.491 e. The Labute approximate surface area is 140 Å². The van der Waals surface area contributed by atoms with E-state index in [0.717, 1.165) is 18.9 Å². The molecule has 8 heteroatoms. The van der Waals surface area contributed by atoms with Gasteiger partial charge in [-0.3, -0.25) is 0 Å². The van der Waals surface area contributed by atoms with E-state index in [1.807, 2.05) is 0 Å². The van der Waals surface area contributed by atoms with Crippen molar-refractivity contribution < 1.29 is 32.5 Å². The SMILES string of the molecule is Cc1c(OCC2CC2)c(Cl)cc2c1OC(C(F)(F)F)C(C(=O)O)=C2. The van der Waals surface area contributed by atoms with Crippen molar-refractivity contribution in [3.8, 4) is 11.5 Å². The van der Waals surface area contributed by atoms with Crippen molar-refractivity contribution in [2.45, 2.75) is 32.0 Å². The summed E-state index contributed by atoms with van der Waals surface area (Å²) in [6.07, 6.45) is -4.32. The molecular formula is C16H14ClF3O4. The van der Waals surface area contributed by atoms with Gasteiger partial charge in [0.1, 0.15) is 11.5 Å². The normalized spacial score (nSPS) is 20.0. The molecule has 1 saturated carbocycles. The number of aliphatic carboxylic acids is 1. The standard InChI is InChI=1S/C16H14ClF3O4/c1-7-12-9(5-11(17)13(7)23-6-8-2-3-8)4-10(15(21)22)14(24-12)16(18,19)20/h4-5,8,14H,2-3,6H2,1H3,(H,21,22). The Hall–Kier alpha value is -1.89. The van der Waals surface area contributed by atoms with Crippen molar-refractivity contribution in [2.24, 2.45) is 5.92 Å². The molecule has 1 atom stereocenters. The molecule has 0 amide bonds. The van der Waals surface area contributed by atoms with E-state index in [1.54, 1.807) is 6.92 Å². The van der Waals surface area contributed by atoms with E-state index in [4.69, 9.17) is 26.2 Å². The Kier molecular flexibility index (Phi) is 4.15. The zero-order chi connectivity index (χ0) is 17.6. The lowest BCUT2D eigenvalue weighted by Gasteiger charge is -2.29. The van der Waals surface area contributed by atoms with Gasteiger partial charge in [-0.15, -0.1) is 0 Å². The maximum Gasteiger partial charge on any atom is 0.430 e. The number of ether oxygens (including phenoxy) is 2. The fourth-order valence-corrected chi connectivity index (χ4v) is 2.85. The predicted octanol–water partition coefficient (Wildman–Crippen LogP) is 4.23. The fraction of sp³-hybridized carbons (Fsp3) is 0.438. The lowest BCUT2D eigenvalue weighted by Crippen LogP contribution is -2.40. The first-order valence-electron chi connectivity index (χ1n) is 7.32. The van der Waals surface area contributed by atoms with Gasteiger partial charge in [0.05, 0.1) is 17.2 Å². The number of carboxylic acids is 1. The van der Waals surface area contributed by atoms with Crippen LogP contribution in [0.25, 0.3) is 6.08 Å². The number of hydrogen-bond acceptors (Lipinski definition) is 3. The van der Waals surface area contributed by atoms with Gasteiger partial charge in [0.25, 0.3) is 0 Å². The molecule has 1 aliphatic heterocycles. The number of carbonyl (C=O) groups is 1. The molecular weight excluding hydrogens is 349 g/mol. The average Bonchev–Trinajstić information content (AvgIpc) is 3.29. The number of rotatable bonds is 4. The quantitative estimate of drug-likeness (QED) is 0.871. The maximum absolute atomic E-state index is 13.1. The van der Waals surface area contributed by atoms with Crippen molar-refractivity contribution >= 4 is 23.6 Å². The molecule has 1 unspecified atom stereocenters. The third-order valence-electron chi connectivity index (χ3n) is 3.98. The smallest absolute Gasteiger partial charge is 0.430 e.